The Balaban J connectivity index is 1.57. The van der Waals surface area contributed by atoms with Crippen LogP contribution in [0.2, 0.25) is 0 Å². The summed E-state index contributed by atoms with van der Waals surface area (Å²) in [5, 5.41) is 17.2. The number of hydrogen-bond acceptors (Lipinski definition) is 4. The molecule has 116 valence electrons. The Morgan fingerprint density at radius 3 is 2.91 bits per heavy atom. The first-order valence-electron chi connectivity index (χ1n) is 7.59. The predicted molar refractivity (Wildman–Crippen MR) is 81.2 cm³/mol. The lowest BCUT2D eigenvalue weighted by Gasteiger charge is -2.21. The minimum atomic E-state index is -0.803. The number of carbonyl (C=O) groups excluding carboxylic acids is 1. The Morgan fingerprint density at radius 1 is 1.36 bits per heavy atom. The molecule has 0 atom stereocenters. The van der Waals surface area contributed by atoms with Crippen molar-refractivity contribution in [3.05, 3.63) is 42.4 Å². The van der Waals surface area contributed by atoms with E-state index < -0.39 is 5.60 Å². The van der Waals surface area contributed by atoms with Gasteiger partial charge in [-0.3, -0.25) is 4.79 Å². The van der Waals surface area contributed by atoms with Crippen molar-refractivity contribution in [2.24, 2.45) is 0 Å². The van der Waals surface area contributed by atoms with Crippen LogP contribution in [0.25, 0.3) is 5.82 Å². The molecule has 3 rings (SSSR count). The third-order valence-electron chi connectivity index (χ3n) is 4.06. The molecule has 2 aromatic rings. The lowest BCUT2D eigenvalue weighted by molar-refractivity contribution is -0.126. The van der Waals surface area contributed by atoms with E-state index in [1.54, 1.807) is 17.1 Å². The van der Waals surface area contributed by atoms with Gasteiger partial charge in [-0.25, -0.2) is 9.67 Å². The molecular weight excluding hydrogens is 280 g/mol. The van der Waals surface area contributed by atoms with Crippen molar-refractivity contribution in [1.82, 2.24) is 20.1 Å². The number of aromatic nitrogens is 3. The Kier molecular flexibility index (Phi) is 4.20. The van der Waals surface area contributed by atoms with Crippen molar-refractivity contribution in [2.45, 2.75) is 44.2 Å². The summed E-state index contributed by atoms with van der Waals surface area (Å²) in [7, 11) is 0. The van der Waals surface area contributed by atoms with E-state index >= 15 is 0 Å². The van der Waals surface area contributed by atoms with Crippen LogP contribution in [-0.2, 0) is 11.3 Å². The first kappa shape index (κ1) is 14.7. The van der Waals surface area contributed by atoms with Gasteiger partial charge >= 0.3 is 0 Å². The van der Waals surface area contributed by atoms with Crippen LogP contribution < -0.4 is 5.32 Å². The molecule has 1 aliphatic rings. The normalized spacial score (nSPS) is 16.6. The minimum Gasteiger partial charge on any atom is -0.389 e. The molecule has 2 N–H and O–H groups in total. The zero-order valence-corrected chi connectivity index (χ0v) is 12.4. The summed E-state index contributed by atoms with van der Waals surface area (Å²) in [6, 6.07) is 5.58. The average Bonchev–Trinajstić information content (AvgIpc) is 3.17. The van der Waals surface area contributed by atoms with Gasteiger partial charge < -0.3 is 10.4 Å². The van der Waals surface area contributed by atoms with E-state index in [1.807, 2.05) is 24.4 Å². The Labute approximate surface area is 129 Å². The molecule has 0 spiro atoms. The second-order valence-corrected chi connectivity index (χ2v) is 5.86. The van der Waals surface area contributed by atoms with Crippen LogP contribution >= 0.6 is 0 Å². The van der Waals surface area contributed by atoms with Crippen LogP contribution in [0.1, 0.15) is 37.7 Å². The highest BCUT2D eigenvalue weighted by Crippen LogP contribution is 2.32. The molecule has 22 heavy (non-hydrogen) atoms. The average molecular weight is 300 g/mol. The first-order chi connectivity index (χ1) is 10.6. The molecule has 0 bridgehead atoms. The van der Waals surface area contributed by atoms with Crippen molar-refractivity contribution < 1.29 is 9.90 Å². The quantitative estimate of drug-likeness (QED) is 0.878. The van der Waals surface area contributed by atoms with Gasteiger partial charge in [-0.1, -0.05) is 12.8 Å². The molecule has 6 heteroatoms. The van der Waals surface area contributed by atoms with Gasteiger partial charge in [-0.2, -0.15) is 5.10 Å². The molecule has 2 aromatic heterocycles. The number of rotatable bonds is 5. The number of nitrogens with zero attached hydrogens (tertiary/aromatic N) is 3. The lowest BCUT2D eigenvalue weighted by Crippen LogP contribution is -2.34. The molecule has 1 aliphatic carbocycles. The summed E-state index contributed by atoms with van der Waals surface area (Å²) in [4.78, 5) is 16.2. The highest BCUT2D eigenvalue weighted by Gasteiger charge is 2.33. The van der Waals surface area contributed by atoms with Gasteiger partial charge in [0.2, 0.25) is 5.91 Å². The molecule has 1 fully saturated rings. The van der Waals surface area contributed by atoms with Gasteiger partial charge in [0, 0.05) is 25.1 Å². The zero-order valence-electron chi connectivity index (χ0n) is 12.4. The summed E-state index contributed by atoms with van der Waals surface area (Å²) in [6.45, 7) is 0.422. The number of aliphatic hydroxyl groups is 1. The third-order valence-corrected chi connectivity index (χ3v) is 4.06. The zero-order chi connectivity index (χ0) is 15.4. The van der Waals surface area contributed by atoms with Gasteiger partial charge in [-0.05, 0) is 36.6 Å². The highest BCUT2D eigenvalue weighted by atomic mass is 16.3. The fourth-order valence-electron chi connectivity index (χ4n) is 2.87. The molecule has 0 aromatic carbocycles. The predicted octanol–water partition coefficient (Wildman–Crippen LogP) is 1.58. The Hall–Kier alpha value is -2.21. The van der Waals surface area contributed by atoms with Crippen LogP contribution in [0.4, 0.5) is 0 Å². The molecular formula is C16H20N4O2. The van der Waals surface area contributed by atoms with Crippen LogP contribution in [-0.4, -0.2) is 31.4 Å². The molecule has 0 saturated heterocycles. The van der Waals surface area contributed by atoms with E-state index in [0.29, 0.717) is 12.4 Å². The molecule has 0 aliphatic heterocycles. The fraction of sp³-hybridized carbons (Fsp3) is 0.438. The topological polar surface area (TPSA) is 80.0 Å². The maximum Gasteiger partial charge on any atom is 0.223 e. The van der Waals surface area contributed by atoms with Gasteiger partial charge in [0.25, 0.3) is 0 Å². The molecule has 6 nitrogen and oxygen atoms in total. The Bertz CT molecular complexity index is 633. The summed E-state index contributed by atoms with van der Waals surface area (Å²) >= 11 is 0. The van der Waals surface area contributed by atoms with Crippen LogP contribution in [0.3, 0.4) is 0 Å². The number of nitrogens with one attached hydrogen (secondary N) is 1. The highest BCUT2D eigenvalue weighted by molar-refractivity contribution is 5.77. The largest absolute Gasteiger partial charge is 0.389 e. The fourth-order valence-corrected chi connectivity index (χ4v) is 2.87. The van der Waals surface area contributed by atoms with Gasteiger partial charge in [0.1, 0.15) is 0 Å². The smallest absolute Gasteiger partial charge is 0.223 e. The van der Waals surface area contributed by atoms with Crippen molar-refractivity contribution >= 4 is 5.91 Å². The monoisotopic (exact) mass is 300 g/mol. The Morgan fingerprint density at radius 2 is 2.18 bits per heavy atom. The SMILES string of the molecule is O=C(CC1(O)CCCC1)NCc1ccnc(-n2cccn2)c1. The van der Waals surface area contributed by atoms with E-state index in [0.717, 1.165) is 31.2 Å². The number of carbonyl (C=O) groups is 1. The molecule has 1 amide bonds. The van der Waals surface area contributed by atoms with Crippen LogP contribution in [0, 0.1) is 0 Å². The third kappa shape index (κ3) is 3.51. The van der Waals surface area contributed by atoms with Crippen molar-refractivity contribution in [1.29, 1.82) is 0 Å². The van der Waals surface area contributed by atoms with E-state index in [9.17, 15) is 9.90 Å². The first-order valence-corrected chi connectivity index (χ1v) is 7.59. The number of pyridine rings is 1. The van der Waals surface area contributed by atoms with Crippen molar-refractivity contribution in [3.63, 3.8) is 0 Å². The number of hydrogen-bond donors (Lipinski definition) is 2. The standard InChI is InChI=1S/C16H20N4O2/c21-15(11-16(22)5-1-2-6-16)18-12-13-4-8-17-14(10-13)20-9-3-7-19-20/h3-4,7-10,22H,1-2,5-6,11-12H2,(H,18,21). The van der Waals surface area contributed by atoms with E-state index in [1.165, 1.54) is 0 Å². The van der Waals surface area contributed by atoms with Gasteiger partial charge in [0.15, 0.2) is 5.82 Å². The minimum absolute atomic E-state index is 0.109. The van der Waals surface area contributed by atoms with Crippen molar-refractivity contribution in [2.75, 3.05) is 0 Å². The molecule has 1 saturated carbocycles. The molecule has 2 heterocycles. The second-order valence-electron chi connectivity index (χ2n) is 5.86. The summed E-state index contributed by atoms with van der Waals surface area (Å²) in [5.41, 5.74) is 0.148. The second kappa shape index (κ2) is 6.27. The van der Waals surface area contributed by atoms with Crippen molar-refractivity contribution in [3.8, 4) is 5.82 Å². The van der Waals surface area contributed by atoms with E-state index in [2.05, 4.69) is 15.4 Å². The maximum atomic E-state index is 12.0. The van der Waals surface area contributed by atoms with E-state index in [4.69, 9.17) is 0 Å². The van der Waals surface area contributed by atoms with Gasteiger partial charge in [0.05, 0.1) is 12.0 Å². The number of amides is 1. The van der Waals surface area contributed by atoms with Crippen LogP contribution in [0.5, 0.6) is 0 Å². The summed E-state index contributed by atoms with van der Waals surface area (Å²) < 4.78 is 1.67. The molecule has 0 radical (unpaired) electrons. The maximum absolute atomic E-state index is 12.0. The van der Waals surface area contributed by atoms with Gasteiger partial charge in [-0.15, -0.1) is 0 Å². The summed E-state index contributed by atoms with van der Waals surface area (Å²) in [5.74, 6) is 0.605. The molecule has 0 unspecified atom stereocenters. The lowest BCUT2D eigenvalue weighted by atomic mass is 9.97. The summed E-state index contributed by atoms with van der Waals surface area (Å²) in [6.07, 6.45) is 8.84. The van der Waals surface area contributed by atoms with E-state index in [-0.39, 0.29) is 12.3 Å². The van der Waals surface area contributed by atoms with Crippen LogP contribution in [0.15, 0.2) is 36.8 Å².